The molecule has 0 spiro atoms. The number of hydrogen-bond donors (Lipinski definition) is 0. The number of Topliss-reactive ketones (excluding diaryl/α,β-unsaturated/α-hetero) is 1. The minimum absolute atomic E-state index is 0.107. The molecule has 3 heteroatoms. The first kappa shape index (κ1) is 13.9. The molecule has 1 aromatic carbocycles. The van der Waals surface area contributed by atoms with Crippen LogP contribution in [-0.4, -0.2) is 10.8 Å². The molecule has 0 amide bonds. The van der Waals surface area contributed by atoms with Crippen LogP contribution in [0.25, 0.3) is 11.1 Å². The summed E-state index contributed by atoms with van der Waals surface area (Å²) in [5.41, 5.74) is 2.21. The molecule has 98 valence electrons. The van der Waals surface area contributed by atoms with E-state index in [0.717, 1.165) is 15.6 Å². The van der Waals surface area contributed by atoms with Crippen molar-refractivity contribution in [2.75, 3.05) is 0 Å². The first-order valence-corrected chi connectivity index (χ1v) is 6.93. The van der Waals surface area contributed by atoms with Crippen molar-refractivity contribution in [3.8, 4) is 11.1 Å². The summed E-state index contributed by atoms with van der Waals surface area (Å²) in [7, 11) is 0. The van der Waals surface area contributed by atoms with Crippen LogP contribution in [0.2, 0.25) is 0 Å². The van der Waals surface area contributed by atoms with E-state index in [-0.39, 0.29) is 5.78 Å². The highest BCUT2D eigenvalue weighted by atomic mass is 79.9. The lowest BCUT2D eigenvalue weighted by Crippen LogP contribution is -2.21. The van der Waals surface area contributed by atoms with Gasteiger partial charge in [-0.1, -0.05) is 48.8 Å². The fourth-order valence-corrected chi connectivity index (χ4v) is 2.29. The molecule has 0 bridgehead atoms. The lowest BCUT2D eigenvalue weighted by Gasteiger charge is -2.18. The maximum Gasteiger partial charge on any atom is 0.170 e. The molecule has 2 aromatic rings. The summed E-state index contributed by atoms with van der Waals surface area (Å²) < 4.78 is 0.996. The summed E-state index contributed by atoms with van der Waals surface area (Å²) in [5.74, 6) is 0.107. The Kier molecular flexibility index (Phi) is 3.85. The fraction of sp³-hybridized carbons (Fsp3) is 0.250. The number of nitrogens with zero attached hydrogens (tertiary/aromatic N) is 1. The maximum absolute atomic E-state index is 12.5. The Morgan fingerprint density at radius 3 is 2.58 bits per heavy atom. The second-order valence-electron chi connectivity index (χ2n) is 5.51. The van der Waals surface area contributed by atoms with Crippen LogP contribution in [-0.2, 0) is 0 Å². The topological polar surface area (TPSA) is 30.0 Å². The molecular weight excluding hydrogens is 302 g/mol. The van der Waals surface area contributed by atoms with Crippen LogP contribution < -0.4 is 0 Å². The summed E-state index contributed by atoms with van der Waals surface area (Å²) in [6.07, 6.45) is 3.37. The van der Waals surface area contributed by atoms with Crippen molar-refractivity contribution in [1.82, 2.24) is 4.98 Å². The van der Waals surface area contributed by atoms with E-state index >= 15 is 0 Å². The number of carbonyl (C=O) groups is 1. The van der Waals surface area contributed by atoms with Crippen LogP contribution in [0.1, 0.15) is 31.1 Å². The predicted octanol–water partition coefficient (Wildman–Crippen LogP) is 4.74. The highest BCUT2D eigenvalue weighted by molar-refractivity contribution is 9.10. The lowest BCUT2D eigenvalue weighted by atomic mass is 9.84. The van der Waals surface area contributed by atoms with Gasteiger partial charge in [0.05, 0.1) is 0 Å². The quantitative estimate of drug-likeness (QED) is 0.749. The van der Waals surface area contributed by atoms with Crippen molar-refractivity contribution in [3.05, 3.63) is 52.8 Å². The normalized spacial score (nSPS) is 11.4. The molecule has 0 saturated heterocycles. The summed E-state index contributed by atoms with van der Waals surface area (Å²) in [6.45, 7) is 5.77. The van der Waals surface area contributed by atoms with Crippen molar-refractivity contribution in [2.45, 2.75) is 20.8 Å². The molecule has 0 aliphatic heterocycles. The SMILES string of the molecule is CC(C)(C)C(=O)c1cnccc1-c1cccc(Br)c1. The average molecular weight is 318 g/mol. The van der Waals surface area contributed by atoms with Gasteiger partial charge in [0.1, 0.15) is 0 Å². The highest BCUT2D eigenvalue weighted by Gasteiger charge is 2.25. The van der Waals surface area contributed by atoms with Gasteiger partial charge in [0.15, 0.2) is 5.78 Å². The average Bonchev–Trinajstić information content (AvgIpc) is 2.37. The van der Waals surface area contributed by atoms with E-state index in [1.807, 2.05) is 51.1 Å². The van der Waals surface area contributed by atoms with Gasteiger partial charge in [-0.3, -0.25) is 9.78 Å². The largest absolute Gasteiger partial charge is 0.294 e. The van der Waals surface area contributed by atoms with Gasteiger partial charge in [-0.25, -0.2) is 0 Å². The van der Waals surface area contributed by atoms with Crippen LogP contribution in [0.5, 0.6) is 0 Å². The molecule has 2 rings (SSSR count). The maximum atomic E-state index is 12.5. The molecule has 19 heavy (non-hydrogen) atoms. The smallest absolute Gasteiger partial charge is 0.170 e. The first-order chi connectivity index (χ1) is 8.89. The Bertz CT molecular complexity index is 614. The van der Waals surface area contributed by atoms with E-state index in [1.54, 1.807) is 12.4 Å². The Morgan fingerprint density at radius 2 is 1.95 bits per heavy atom. The van der Waals surface area contributed by atoms with Gasteiger partial charge in [-0.15, -0.1) is 0 Å². The van der Waals surface area contributed by atoms with Gasteiger partial charge in [0, 0.05) is 27.8 Å². The first-order valence-electron chi connectivity index (χ1n) is 6.14. The highest BCUT2D eigenvalue weighted by Crippen LogP contribution is 2.30. The van der Waals surface area contributed by atoms with Crippen LogP contribution in [0.15, 0.2) is 47.2 Å². The van der Waals surface area contributed by atoms with Crippen LogP contribution in [0.4, 0.5) is 0 Å². The second-order valence-corrected chi connectivity index (χ2v) is 6.43. The standard InChI is InChI=1S/C16H16BrNO/c1-16(2,3)15(19)14-10-18-8-7-13(14)11-5-4-6-12(17)9-11/h4-10H,1-3H3. The molecule has 0 unspecified atom stereocenters. The van der Waals surface area contributed by atoms with Crippen molar-refractivity contribution in [3.63, 3.8) is 0 Å². The van der Waals surface area contributed by atoms with Gasteiger partial charge < -0.3 is 0 Å². The van der Waals surface area contributed by atoms with E-state index in [1.165, 1.54) is 0 Å². The summed E-state index contributed by atoms with van der Waals surface area (Å²) in [6, 6.07) is 9.83. The van der Waals surface area contributed by atoms with Crippen LogP contribution in [0, 0.1) is 5.41 Å². The van der Waals surface area contributed by atoms with Gasteiger partial charge in [0.2, 0.25) is 0 Å². The third kappa shape index (κ3) is 3.10. The third-order valence-electron chi connectivity index (χ3n) is 2.88. The van der Waals surface area contributed by atoms with Crippen LogP contribution >= 0.6 is 15.9 Å². The fourth-order valence-electron chi connectivity index (χ4n) is 1.89. The van der Waals surface area contributed by atoms with Gasteiger partial charge >= 0.3 is 0 Å². The number of hydrogen-bond acceptors (Lipinski definition) is 2. The Hall–Kier alpha value is -1.48. The number of carbonyl (C=O) groups excluding carboxylic acids is 1. The Labute approximate surface area is 122 Å². The van der Waals surface area contributed by atoms with Crippen molar-refractivity contribution in [2.24, 2.45) is 5.41 Å². The van der Waals surface area contributed by atoms with Gasteiger partial charge in [0.25, 0.3) is 0 Å². The summed E-state index contributed by atoms with van der Waals surface area (Å²) in [5, 5.41) is 0. The molecule has 0 fully saturated rings. The molecule has 1 aromatic heterocycles. The molecular formula is C16H16BrNO. The van der Waals surface area contributed by atoms with Crippen LogP contribution in [0.3, 0.4) is 0 Å². The molecule has 0 N–H and O–H groups in total. The zero-order valence-corrected chi connectivity index (χ0v) is 12.9. The number of aromatic nitrogens is 1. The number of rotatable bonds is 2. The molecule has 0 saturated carbocycles. The van der Waals surface area contributed by atoms with Crippen molar-refractivity contribution >= 4 is 21.7 Å². The number of benzene rings is 1. The van der Waals surface area contributed by atoms with E-state index in [2.05, 4.69) is 20.9 Å². The van der Waals surface area contributed by atoms with Crippen molar-refractivity contribution < 1.29 is 4.79 Å². The monoisotopic (exact) mass is 317 g/mol. The number of pyridine rings is 1. The number of halogens is 1. The lowest BCUT2D eigenvalue weighted by molar-refractivity contribution is 0.0858. The molecule has 0 atom stereocenters. The van der Waals surface area contributed by atoms with Gasteiger partial charge in [-0.2, -0.15) is 0 Å². The minimum atomic E-state index is -0.413. The number of ketones is 1. The van der Waals surface area contributed by atoms with E-state index in [0.29, 0.717) is 5.56 Å². The molecule has 1 heterocycles. The van der Waals surface area contributed by atoms with Crippen molar-refractivity contribution in [1.29, 1.82) is 0 Å². The Balaban J connectivity index is 2.57. The predicted molar refractivity (Wildman–Crippen MR) is 81.2 cm³/mol. The van der Waals surface area contributed by atoms with Gasteiger partial charge in [-0.05, 0) is 29.3 Å². The molecule has 0 aliphatic rings. The van der Waals surface area contributed by atoms with E-state index in [9.17, 15) is 4.79 Å². The zero-order chi connectivity index (χ0) is 14.0. The minimum Gasteiger partial charge on any atom is -0.294 e. The third-order valence-corrected chi connectivity index (χ3v) is 3.38. The van der Waals surface area contributed by atoms with E-state index < -0.39 is 5.41 Å². The Morgan fingerprint density at radius 1 is 1.21 bits per heavy atom. The summed E-state index contributed by atoms with van der Waals surface area (Å²) in [4.78, 5) is 16.6. The zero-order valence-electron chi connectivity index (χ0n) is 11.3. The molecule has 0 radical (unpaired) electrons. The molecule has 0 aliphatic carbocycles. The summed E-state index contributed by atoms with van der Waals surface area (Å²) >= 11 is 3.46. The van der Waals surface area contributed by atoms with E-state index in [4.69, 9.17) is 0 Å². The molecule has 2 nitrogen and oxygen atoms in total. The second kappa shape index (κ2) is 5.25.